The molecule has 0 bridgehead atoms. The van der Waals surface area contributed by atoms with Crippen molar-refractivity contribution in [2.75, 3.05) is 5.32 Å². The lowest BCUT2D eigenvalue weighted by atomic mass is 10.1. The van der Waals surface area contributed by atoms with Gasteiger partial charge in [0.2, 0.25) is 0 Å². The molecule has 3 rings (SSSR count). The van der Waals surface area contributed by atoms with E-state index in [2.05, 4.69) is 15.6 Å². The van der Waals surface area contributed by atoms with E-state index >= 15 is 0 Å². The molecule has 0 fully saturated rings. The molecule has 0 saturated carbocycles. The Balaban J connectivity index is 1.93. The summed E-state index contributed by atoms with van der Waals surface area (Å²) in [5, 5.41) is 11.2. The zero-order valence-corrected chi connectivity index (χ0v) is 14.1. The quantitative estimate of drug-likeness (QED) is 0.797. The molecule has 2 aromatic carbocycles. The molecule has 5 heteroatoms. The van der Waals surface area contributed by atoms with E-state index in [0.29, 0.717) is 12.1 Å². The molecule has 1 N–H and O–H groups in total. The molecule has 1 heterocycles. The predicted molar refractivity (Wildman–Crippen MR) is 94.6 cm³/mol. The Bertz CT molecular complexity index is 868. The maximum absolute atomic E-state index is 12.7. The summed E-state index contributed by atoms with van der Waals surface area (Å²) in [6.45, 7) is 5.96. The van der Waals surface area contributed by atoms with Gasteiger partial charge in [-0.1, -0.05) is 42.5 Å². The van der Waals surface area contributed by atoms with Crippen LogP contribution in [0, 0.1) is 13.8 Å². The highest BCUT2D eigenvalue weighted by Gasteiger charge is 2.19. The van der Waals surface area contributed by atoms with Crippen LogP contribution < -0.4 is 5.32 Å². The second-order valence-corrected chi connectivity index (χ2v) is 5.76. The first-order valence-corrected chi connectivity index (χ1v) is 7.98. The van der Waals surface area contributed by atoms with Gasteiger partial charge >= 0.3 is 0 Å². The predicted octanol–water partition coefficient (Wildman–Crippen LogP) is 3.70. The fourth-order valence-electron chi connectivity index (χ4n) is 2.62. The van der Waals surface area contributed by atoms with E-state index in [9.17, 15) is 4.79 Å². The smallest absolute Gasteiger partial charge is 0.278 e. The maximum Gasteiger partial charge on any atom is 0.278 e. The molecule has 1 amide bonds. The first-order valence-electron chi connectivity index (χ1n) is 7.98. The van der Waals surface area contributed by atoms with Crippen molar-refractivity contribution >= 4 is 11.6 Å². The molecule has 3 aromatic rings. The van der Waals surface area contributed by atoms with Crippen molar-refractivity contribution in [2.45, 2.75) is 27.2 Å². The lowest BCUT2D eigenvalue weighted by molar-refractivity contribution is 0.102. The lowest BCUT2D eigenvalue weighted by Gasteiger charge is -2.09. The standard InChI is InChI=1S/C19H20N4O/c1-4-17-18(21-22-23(17)15-8-6-5-7-9-15)19(24)20-16-12-13(2)10-11-14(16)3/h5-12H,4H2,1-3H3,(H,20,24). The van der Waals surface area contributed by atoms with Gasteiger partial charge in [0.05, 0.1) is 11.4 Å². The Morgan fingerprint density at radius 1 is 1.12 bits per heavy atom. The third kappa shape index (κ3) is 3.06. The summed E-state index contributed by atoms with van der Waals surface area (Å²) in [5.41, 5.74) is 4.97. The number of amides is 1. The number of carbonyl (C=O) groups is 1. The van der Waals surface area contributed by atoms with Gasteiger partial charge in [-0.25, -0.2) is 4.68 Å². The normalized spacial score (nSPS) is 10.6. The van der Waals surface area contributed by atoms with Gasteiger partial charge in [0, 0.05) is 5.69 Å². The number of nitrogens with zero attached hydrogens (tertiary/aromatic N) is 3. The van der Waals surface area contributed by atoms with Crippen molar-refractivity contribution in [3.05, 3.63) is 71.0 Å². The van der Waals surface area contributed by atoms with Crippen molar-refractivity contribution in [1.29, 1.82) is 0 Å². The van der Waals surface area contributed by atoms with E-state index in [0.717, 1.165) is 28.2 Å². The summed E-state index contributed by atoms with van der Waals surface area (Å²) in [6, 6.07) is 15.7. The number of benzene rings is 2. The van der Waals surface area contributed by atoms with Crippen LogP contribution in [0.3, 0.4) is 0 Å². The van der Waals surface area contributed by atoms with Crippen LogP contribution >= 0.6 is 0 Å². The van der Waals surface area contributed by atoms with E-state index < -0.39 is 0 Å². The highest BCUT2D eigenvalue weighted by molar-refractivity contribution is 6.04. The second kappa shape index (κ2) is 6.66. The first-order chi connectivity index (χ1) is 11.6. The molecule has 0 aliphatic rings. The van der Waals surface area contributed by atoms with Crippen molar-refractivity contribution in [1.82, 2.24) is 15.0 Å². The topological polar surface area (TPSA) is 59.8 Å². The van der Waals surface area contributed by atoms with Crippen molar-refractivity contribution < 1.29 is 4.79 Å². The molecule has 0 unspecified atom stereocenters. The number of rotatable bonds is 4. The lowest BCUT2D eigenvalue weighted by Crippen LogP contribution is -2.16. The van der Waals surface area contributed by atoms with E-state index in [1.165, 1.54) is 0 Å². The number of aryl methyl sites for hydroxylation is 2. The van der Waals surface area contributed by atoms with E-state index in [4.69, 9.17) is 0 Å². The summed E-state index contributed by atoms with van der Waals surface area (Å²) >= 11 is 0. The molecule has 0 spiro atoms. The molecule has 0 saturated heterocycles. The molecule has 0 atom stereocenters. The van der Waals surface area contributed by atoms with Crippen LogP contribution in [0.25, 0.3) is 5.69 Å². The van der Waals surface area contributed by atoms with Gasteiger partial charge in [0.25, 0.3) is 5.91 Å². The van der Waals surface area contributed by atoms with Crippen LogP contribution in [-0.4, -0.2) is 20.9 Å². The Hall–Kier alpha value is -2.95. The minimum absolute atomic E-state index is 0.234. The zero-order chi connectivity index (χ0) is 17.1. The Labute approximate surface area is 141 Å². The van der Waals surface area contributed by atoms with Crippen molar-refractivity contribution in [3.63, 3.8) is 0 Å². The molecular weight excluding hydrogens is 300 g/mol. The van der Waals surface area contributed by atoms with E-state index in [1.54, 1.807) is 4.68 Å². The Morgan fingerprint density at radius 3 is 2.58 bits per heavy atom. The summed E-state index contributed by atoms with van der Waals surface area (Å²) in [7, 11) is 0. The van der Waals surface area contributed by atoms with Gasteiger partial charge in [-0.15, -0.1) is 5.10 Å². The van der Waals surface area contributed by atoms with Gasteiger partial charge in [0.1, 0.15) is 0 Å². The zero-order valence-electron chi connectivity index (χ0n) is 14.1. The van der Waals surface area contributed by atoms with Crippen LogP contribution in [0.2, 0.25) is 0 Å². The van der Waals surface area contributed by atoms with Crippen LogP contribution in [0.1, 0.15) is 34.2 Å². The Kier molecular flexibility index (Phi) is 4.42. The van der Waals surface area contributed by atoms with Crippen LogP contribution in [0.4, 0.5) is 5.69 Å². The third-order valence-electron chi connectivity index (χ3n) is 3.96. The van der Waals surface area contributed by atoms with Crippen LogP contribution in [0.15, 0.2) is 48.5 Å². The number of aromatic nitrogens is 3. The molecule has 24 heavy (non-hydrogen) atoms. The fraction of sp³-hybridized carbons (Fsp3) is 0.211. The van der Waals surface area contributed by atoms with Gasteiger partial charge in [-0.2, -0.15) is 0 Å². The van der Waals surface area contributed by atoms with Gasteiger partial charge in [-0.05, 0) is 49.6 Å². The van der Waals surface area contributed by atoms with Crippen molar-refractivity contribution in [3.8, 4) is 5.69 Å². The SMILES string of the molecule is CCc1c(C(=O)Nc2cc(C)ccc2C)nnn1-c1ccccc1. The highest BCUT2D eigenvalue weighted by Crippen LogP contribution is 2.19. The molecule has 0 radical (unpaired) electrons. The number of hydrogen-bond donors (Lipinski definition) is 1. The monoisotopic (exact) mass is 320 g/mol. The van der Waals surface area contributed by atoms with Gasteiger partial charge < -0.3 is 5.32 Å². The molecular formula is C19H20N4O. The summed E-state index contributed by atoms with van der Waals surface area (Å²) < 4.78 is 1.72. The molecule has 0 aliphatic heterocycles. The maximum atomic E-state index is 12.7. The molecule has 1 aromatic heterocycles. The molecule has 122 valence electrons. The average Bonchev–Trinajstić information content (AvgIpc) is 3.03. The molecule has 5 nitrogen and oxygen atoms in total. The summed E-state index contributed by atoms with van der Waals surface area (Å²) in [4.78, 5) is 12.7. The molecule has 0 aliphatic carbocycles. The van der Waals surface area contributed by atoms with Crippen LogP contribution in [-0.2, 0) is 6.42 Å². The number of hydrogen-bond acceptors (Lipinski definition) is 3. The number of carbonyl (C=O) groups excluding carboxylic acids is 1. The largest absolute Gasteiger partial charge is 0.320 e. The summed E-state index contributed by atoms with van der Waals surface area (Å²) in [6.07, 6.45) is 0.664. The first kappa shape index (κ1) is 15.9. The van der Waals surface area contributed by atoms with Crippen LogP contribution in [0.5, 0.6) is 0 Å². The third-order valence-corrected chi connectivity index (χ3v) is 3.96. The van der Waals surface area contributed by atoms with E-state index in [-0.39, 0.29) is 5.91 Å². The van der Waals surface area contributed by atoms with Crippen molar-refractivity contribution in [2.24, 2.45) is 0 Å². The number of para-hydroxylation sites is 1. The minimum Gasteiger partial charge on any atom is -0.320 e. The average molecular weight is 320 g/mol. The minimum atomic E-state index is -0.234. The van der Waals surface area contributed by atoms with Gasteiger partial charge in [0.15, 0.2) is 5.69 Å². The van der Waals surface area contributed by atoms with E-state index in [1.807, 2.05) is 69.3 Å². The number of nitrogens with one attached hydrogen (secondary N) is 1. The second-order valence-electron chi connectivity index (χ2n) is 5.76. The summed E-state index contributed by atoms with van der Waals surface area (Å²) in [5.74, 6) is -0.234. The Morgan fingerprint density at radius 2 is 1.88 bits per heavy atom. The van der Waals surface area contributed by atoms with Gasteiger partial charge in [-0.3, -0.25) is 4.79 Å². The number of anilines is 1. The fourth-order valence-corrected chi connectivity index (χ4v) is 2.62. The highest BCUT2D eigenvalue weighted by atomic mass is 16.2.